The van der Waals surface area contributed by atoms with Crippen molar-refractivity contribution in [2.45, 2.75) is 6.18 Å². The molecule has 0 unspecified atom stereocenters. The molecule has 3 N–H and O–H groups in total. The first-order valence-electron chi connectivity index (χ1n) is 8.66. The number of halogens is 3. The summed E-state index contributed by atoms with van der Waals surface area (Å²) >= 11 is 0. The zero-order chi connectivity index (χ0) is 18.0. The Bertz CT molecular complexity index is 494. The van der Waals surface area contributed by atoms with Gasteiger partial charge in [0.2, 0.25) is 0 Å². The third-order valence-corrected chi connectivity index (χ3v) is 4.03. The Balaban J connectivity index is 1.47. The Labute approximate surface area is 146 Å². The van der Waals surface area contributed by atoms with Crippen LogP contribution in [-0.4, -0.2) is 65.8 Å². The van der Waals surface area contributed by atoms with E-state index >= 15 is 0 Å². The first-order valence-corrected chi connectivity index (χ1v) is 8.66. The van der Waals surface area contributed by atoms with E-state index in [1.807, 2.05) is 0 Å². The fraction of sp³-hybridized carbons (Fsp3) is 0.647. The number of benzene rings is 1. The lowest BCUT2D eigenvalue weighted by Crippen LogP contribution is -3.16. The highest BCUT2D eigenvalue weighted by molar-refractivity contribution is 5.30. The maximum absolute atomic E-state index is 12.6. The molecule has 5 nitrogen and oxygen atoms in total. The zero-order valence-electron chi connectivity index (χ0n) is 14.3. The average molecular weight is 364 g/mol. The van der Waals surface area contributed by atoms with Crippen molar-refractivity contribution < 1.29 is 37.6 Å². The Hall–Kier alpha value is -1.35. The fourth-order valence-corrected chi connectivity index (χ4v) is 2.61. The SMILES string of the molecule is FC(F)(F)c1cccc(OCCOCC[NH2+]CC[NH+]2CCOCC2)c1. The second-order valence-electron chi connectivity index (χ2n) is 5.96. The first-order chi connectivity index (χ1) is 12.1. The van der Waals surface area contributed by atoms with Gasteiger partial charge < -0.3 is 24.4 Å². The van der Waals surface area contributed by atoms with Gasteiger partial charge in [0.25, 0.3) is 0 Å². The summed E-state index contributed by atoms with van der Waals surface area (Å²) in [5.41, 5.74) is -0.706. The maximum Gasteiger partial charge on any atom is 0.416 e. The van der Waals surface area contributed by atoms with E-state index < -0.39 is 11.7 Å². The second-order valence-corrected chi connectivity index (χ2v) is 5.96. The van der Waals surface area contributed by atoms with Crippen molar-refractivity contribution in [2.75, 3.05) is 65.8 Å². The van der Waals surface area contributed by atoms with Crippen LogP contribution < -0.4 is 15.0 Å². The van der Waals surface area contributed by atoms with E-state index in [0.717, 1.165) is 58.1 Å². The van der Waals surface area contributed by atoms with Crippen molar-refractivity contribution in [1.82, 2.24) is 0 Å². The molecular weight excluding hydrogens is 337 g/mol. The minimum atomic E-state index is -4.35. The molecule has 8 heteroatoms. The first kappa shape index (κ1) is 20.0. The summed E-state index contributed by atoms with van der Waals surface area (Å²) in [7, 11) is 0. The van der Waals surface area contributed by atoms with Crippen LogP contribution in [0.3, 0.4) is 0 Å². The molecule has 0 bridgehead atoms. The molecule has 142 valence electrons. The third kappa shape index (κ3) is 8.04. The van der Waals surface area contributed by atoms with Crippen LogP contribution in [-0.2, 0) is 15.7 Å². The van der Waals surface area contributed by atoms with Gasteiger partial charge >= 0.3 is 6.18 Å². The van der Waals surface area contributed by atoms with Crippen molar-refractivity contribution >= 4 is 0 Å². The number of nitrogens with one attached hydrogen (secondary N) is 1. The highest BCUT2D eigenvalue weighted by Crippen LogP contribution is 2.31. The second kappa shape index (κ2) is 10.6. The van der Waals surface area contributed by atoms with Gasteiger partial charge in [-0.25, -0.2) is 0 Å². The van der Waals surface area contributed by atoms with Gasteiger partial charge in [0.1, 0.15) is 38.5 Å². The molecule has 1 aliphatic heterocycles. The molecule has 0 aromatic heterocycles. The molecule has 1 aliphatic rings. The Kier molecular flexibility index (Phi) is 8.47. The van der Waals surface area contributed by atoms with Crippen molar-refractivity contribution in [3.63, 3.8) is 0 Å². The quantitative estimate of drug-likeness (QED) is 0.555. The number of ether oxygens (including phenoxy) is 3. The van der Waals surface area contributed by atoms with Crippen LogP contribution in [0.4, 0.5) is 13.2 Å². The van der Waals surface area contributed by atoms with Crippen LogP contribution in [0, 0.1) is 0 Å². The molecule has 0 radical (unpaired) electrons. The Morgan fingerprint density at radius 2 is 1.88 bits per heavy atom. The number of nitrogens with two attached hydrogens (primary N) is 1. The summed E-state index contributed by atoms with van der Waals surface area (Å²) in [6.45, 7) is 8.11. The molecule has 1 heterocycles. The molecular formula is C17H27F3N2O3+2. The maximum atomic E-state index is 12.6. The fourth-order valence-electron chi connectivity index (χ4n) is 2.61. The molecule has 1 aromatic carbocycles. The predicted octanol–water partition coefficient (Wildman–Crippen LogP) is -0.421. The van der Waals surface area contributed by atoms with E-state index in [1.54, 1.807) is 4.90 Å². The van der Waals surface area contributed by atoms with Crippen LogP contribution in [0.25, 0.3) is 0 Å². The largest absolute Gasteiger partial charge is 0.491 e. The summed E-state index contributed by atoms with van der Waals surface area (Å²) in [5, 5.41) is 2.22. The van der Waals surface area contributed by atoms with E-state index in [1.165, 1.54) is 12.1 Å². The van der Waals surface area contributed by atoms with Crippen LogP contribution >= 0.6 is 0 Å². The monoisotopic (exact) mass is 364 g/mol. The molecule has 2 rings (SSSR count). The van der Waals surface area contributed by atoms with Gasteiger partial charge in [0.15, 0.2) is 0 Å². The lowest BCUT2D eigenvalue weighted by atomic mass is 10.2. The summed E-state index contributed by atoms with van der Waals surface area (Å²) in [6, 6.07) is 4.88. The molecule has 0 spiro atoms. The predicted molar refractivity (Wildman–Crippen MR) is 85.8 cm³/mol. The molecule has 25 heavy (non-hydrogen) atoms. The number of rotatable bonds is 10. The minimum absolute atomic E-state index is 0.207. The lowest BCUT2D eigenvalue weighted by molar-refractivity contribution is -0.919. The molecule has 1 aromatic rings. The van der Waals surface area contributed by atoms with Gasteiger partial charge in [0.05, 0.1) is 38.5 Å². The van der Waals surface area contributed by atoms with E-state index in [0.29, 0.717) is 13.2 Å². The Morgan fingerprint density at radius 3 is 2.64 bits per heavy atom. The van der Waals surface area contributed by atoms with Crippen LogP contribution in [0.5, 0.6) is 5.75 Å². The smallest absolute Gasteiger partial charge is 0.416 e. The highest BCUT2D eigenvalue weighted by Gasteiger charge is 2.30. The van der Waals surface area contributed by atoms with E-state index in [4.69, 9.17) is 14.2 Å². The zero-order valence-corrected chi connectivity index (χ0v) is 14.3. The topological polar surface area (TPSA) is 48.7 Å². The molecule has 1 saturated heterocycles. The number of hydrogen-bond donors (Lipinski definition) is 2. The van der Waals surface area contributed by atoms with Crippen molar-refractivity contribution in [2.24, 2.45) is 0 Å². The molecule has 0 saturated carbocycles. The van der Waals surface area contributed by atoms with E-state index in [9.17, 15) is 13.2 Å². The number of alkyl halides is 3. The van der Waals surface area contributed by atoms with E-state index in [2.05, 4.69) is 5.32 Å². The van der Waals surface area contributed by atoms with Crippen molar-refractivity contribution in [3.8, 4) is 5.75 Å². The van der Waals surface area contributed by atoms with E-state index in [-0.39, 0.29) is 12.4 Å². The van der Waals surface area contributed by atoms with Gasteiger partial charge in [-0.05, 0) is 18.2 Å². The minimum Gasteiger partial charge on any atom is -0.491 e. The highest BCUT2D eigenvalue weighted by atomic mass is 19.4. The van der Waals surface area contributed by atoms with Gasteiger partial charge in [-0.15, -0.1) is 0 Å². The lowest BCUT2D eigenvalue weighted by Gasteiger charge is -2.22. The van der Waals surface area contributed by atoms with Crippen LogP contribution in [0.15, 0.2) is 24.3 Å². The van der Waals surface area contributed by atoms with Crippen LogP contribution in [0.2, 0.25) is 0 Å². The standard InChI is InChI=1S/C17H25F3N2O3/c18-17(19,20)15-2-1-3-16(14-15)25-13-12-23-9-5-21-4-6-22-7-10-24-11-8-22/h1-3,14,21H,4-13H2/p+2. The summed E-state index contributed by atoms with van der Waals surface area (Å²) in [4.78, 5) is 1.58. The molecule has 0 amide bonds. The van der Waals surface area contributed by atoms with Gasteiger partial charge in [0, 0.05) is 0 Å². The molecule has 0 atom stereocenters. The van der Waals surface area contributed by atoms with Gasteiger partial charge in [-0.1, -0.05) is 6.07 Å². The van der Waals surface area contributed by atoms with Crippen molar-refractivity contribution in [3.05, 3.63) is 29.8 Å². The molecule has 0 aliphatic carbocycles. The molecule has 1 fully saturated rings. The van der Waals surface area contributed by atoms with Crippen molar-refractivity contribution in [1.29, 1.82) is 0 Å². The third-order valence-electron chi connectivity index (χ3n) is 4.03. The summed E-state index contributed by atoms with van der Waals surface area (Å²) in [5.74, 6) is 0.207. The van der Waals surface area contributed by atoms with Crippen LogP contribution in [0.1, 0.15) is 5.56 Å². The summed E-state index contributed by atoms with van der Waals surface area (Å²) < 4.78 is 53.8. The average Bonchev–Trinajstić information content (AvgIpc) is 2.61. The van der Waals surface area contributed by atoms with Gasteiger partial charge in [-0.3, -0.25) is 0 Å². The Morgan fingerprint density at radius 1 is 1.08 bits per heavy atom. The number of hydrogen-bond acceptors (Lipinski definition) is 3. The normalized spacial score (nSPS) is 16.1. The number of quaternary nitrogens is 2. The number of morpholine rings is 1. The van der Waals surface area contributed by atoms with Gasteiger partial charge in [-0.2, -0.15) is 13.2 Å². The summed E-state index contributed by atoms with van der Waals surface area (Å²) in [6.07, 6.45) is -4.35.